The third kappa shape index (κ3) is 3.52. The molecule has 2 aromatic rings. The Hall–Kier alpha value is -2.09. The van der Waals surface area contributed by atoms with E-state index in [-0.39, 0.29) is 26.9 Å². The molecule has 0 radical (unpaired) electrons. The topological polar surface area (TPSA) is 109 Å². The van der Waals surface area contributed by atoms with Crippen LogP contribution in [0.2, 0.25) is 5.02 Å². The first-order chi connectivity index (χ1) is 9.79. The fourth-order valence-corrected chi connectivity index (χ4v) is 2.59. The van der Waals surface area contributed by atoms with Crippen LogP contribution in [-0.2, 0) is 10.0 Å². The van der Waals surface area contributed by atoms with Gasteiger partial charge < -0.3 is 10.4 Å². The standard InChI is InChI=1S/C13H11ClN2O4S/c14-10-6-5-8(17)7-9(10)13(18)16-11-3-1-2-4-12(11)21(15,19)20/h1-7,17H,(H,16,18)(H2,15,19,20). The Morgan fingerprint density at radius 1 is 1.19 bits per heavy atom. The van der Waals surface area contributed by atoms with Gasteiger partial charge >= 0.3 is 0 Å². The number of carbonyl (C=O) groups is 1. The smallest absolute Gasteiger partial charge is 0.257 e. The molecule has 0 heterocycles. The minimum Gasteiger partial charge on any atom is -0.508 e. The van der Waals surface area contributed by atoms with Gasteiger partial charge in [0.05, 0.1) is 16.3 Å². The number of phenols is 1. The van der Waals surface area contributed by atoms with Crippen molar-refractivity contribution >= 4 is 33.2 Å². The number of sulfonamides is 1. The van der Waals surface area contributed by atoms with Crippen molar-refractivity contribution in [3.63, 3.8) is 0 Å². The summed E-state index contributed by atoms with van der Waals surface area (Å²) in [6.07, 6.45) is 0. The predicted octanol–water partition coefficient (Wildman–Crippen LogP) is 1.95. The zero-order valence-corrected chi connectivity index (χ0v) is 12.1. The van der Waals surface area contributed by atoms with Crippen molar-refractivity contribution in [1.29, 1.82) is 0 Å². The van der Waals surface area contributed by atoms with Crippen molar-refractivity contribution in [2.45, 2.75) is 4.90 Å². The van der Waals surface area contributed by atoms with Crippen molar-refractivity contribution in [2.75, 3.05) is 5.32 Å². The van der Waals surface area contributed by atoms with Gasteiger partial charge in [0.1, 0.15) is 10.6 Å². The molecule has 6 nitrogen and oxygen atoms in total. The van der Waals surface area contributed by atoms with Gasteiger partial charge in [-0.15, -0.1) is 0 Å². The van der Waals surface area contributed by atoms with Gasteiger partial charge in [-0.1, -0.05) is 23.7 Å². The lowest BCUT2D eigenvalue weighted by Crippen LogP contribution is -2.18. The van der Waals surface area contributed by atoms with Crippen molar-refractivity contribution < 1.29 is 18.3 Å². The number of anilines is 1. The highest BCUT2D eigenvalue weighted by Gasteiger charge is 2.17. The van der Waals surface area contributed by atoms with Gasteiger partial charge in [0.15, 0.2) is 0 Å². The Morgan fingerprint density at radius 3 is 2.52 bits per heavy atom. The molecule has 0 fully saturated rings. The molecule has 0 saturated heterocycles. The molecule has 4 N–H and O–H groups in total. The molecule has 8 heteroatoms. The highest BCUT2D eigenvalue weighted by atomic mass is 35.5. The predicted molar refractivity (Wildman–Crippen MR) is 78.9 cm³/mol. The van der Waals surface area contributed by atoms with E-state index >= 15 is 0 Å². The van der Waals surface area contributed by atoms with Crippen molar-refractivity contribution in [1.82, 2.24) is 0 Å². The van der Waals surface area contributed by atoms with E-state index in [1.165, 1.54) is 36.4 Å². The van der Waals surface area contributed by atoms with E-state index in [2.05, 4.69) is 5.32 Å². The Balaban J connectivity index is 2.39. The first kappa shape index (κ1) is 15.3. The SMILES string of the molecule is NS(=O)(=O)c1ccccc1NC(=O)c1cc(O)ccc1Cl. The van der Waals surface area contributed by atoms with Crippen molar-refractivity contribution in [3.8, 4) is 5.75 Å². The molecule has 0 aliphatic heterocycles. The van der Waals surface area contributed by atoms with Gasteiger partial charge in [0.25, 0.3) is 5.91 Å². The van der Waals surface area contributed by atoms with Crippen LogP contribution in [0.15, 0.2) is 47.4 Å². The van der Waals surface area contributed by atoms with E-state index in [4.69, 9.17) is 16.7 Å². The van der Waals surface area contributed by atoms with E-state index in [0.29, 0.717) is 0 Å². The second kappa shape index (κ2) is 5.72. The van der Waals surface area contributed by atoms with Crippen LogP contribution >= 0.6 is 11.6 Å². The largest absolute Gasteiger partial charge is 0.508 e. The Bertz CT molecular complexity index is 806. The zero-order chi connectivity index (χ0) is 15.6. The summed E-state index contributed by atoms with van der Waals surface area (Å²) in [4.78, 5) is 11.9. The van der Waals surface area contributed by atoms with E-state index < -0.39 is 15.9 Å². The van der Waals surface area contributed by atoms with E-state index in [0.717, 1.165) is 0 Å². The molecule has 21 heavy (non-hydrogen) atoms. The first-order valence-corrected chi connectivity index (χ1v) is 7.63. The normalized spacial score (nSPS) is 11.1. The molecule has 0 unspecified atom stereocenters. The van der Waals surface area contributed by atoms with Gasteiger partial charge in [0.2, 0.25) is 10.0 Å². The minimum absolute atomic E-state index is 0.0147. The van der Waals surface area contributed by atoms with E-state index in [1.807, 2.05) is 0 Å². The molecule has 0 aromatic heterocycles. The van der Waals surface area contributed by atoms with E-state index in [9.17, 15) is 18.3 Å². The number of carbonyl (C=O) groups excluding carboxylic acids is 1. The van der Waals surface area contributed by atoms with Gasteiger partial charge in [-0.3, -0.25) is 4.79 Å². The van der Waals surface area contributed by atoms with Crippen LogP contribution in [0.1, 0.15) is 10.4 Å². The summed E-state index contributed by atoms with van der Waals surface area (Å²) in [7, 11) is -3.98. The molecule has 2 rings (SSSR count). The second-order valence-electron chi connectivity index (χ2n) is 4.16. The summed E-state index contributed by atoms with van der Waals surface area (Å²) in [6.45, 7) is 0. The third-order valence-corrected chi connectivity index (χ3v) is 3.93. The lowest BCUT2D eigenvalue weighted by molar-refractivity contribution is 0.102. The van der Waals surface area contributed by atoms with Gasteiger partial charge in [-0.05, 0) is 30.3 Å². The fraction of sp³-hybridized carbons (Fsp3) is 0. The molecule has 0 saturated carbocycles. The number of aromatic hydroxyl groups is 1. The average molecular weight is 327 g/mol. The number of primary sulfonamides is 1. The molecule has 110 valence electrons. The number of amides is 1. The number of hydrogen-bond donors (Lipinski definition) is 3. The summed E-state index contributed by atoms with van der Waals surface area (Å²) >= 11 is 5.87. The van der Waals surface area contributed by atoms with Crippen LogP contribution in [0.3, 0.4) is 0 Å². The number of hydrogen-bond acceptors (Lipinski definition) is 4. The fourth-order valence-electron chi connectivity index (χ4n) is 1.69. The molecule has 0 aliphatic carbocycles. The van der Waals surface area contributed by atoms with Crippen LogP contribution in [0.25, 0.3) is 0 Å². The number of nitrogens with one attached hydrogen (secondary N) is 1. The summed E-state index contributed by atoms with van der Waals surface area (Å²) in [5.74, 6) is -0.795. The third-order valence-electron chi connectivity index (χ3n) is 2.64. The highest BCUT2D eigenvalue weighted by molar-refractivity contribution is 7.89. The molecule has 0 aliphatic rings. The van der Waals surface area contributed by atoms with Crippen molar-refractivity contribution in [2.24, 2.45) is 5.14 Å². The molecule has 0 spiro atoms. The molecular formula is C13H11ClN2O4S. The first-order valence-electron chi connectivity index (χ1n) is 5.71. The molecule has 1 amide bonds. The van der Waals surface area contributed by atoms with Gasteiger partial charge in [-0.25, -0.2) is 13.6 Å². The Kier molecular flexibility index (Phi) is 4.17. The quantitative estimate of drug-likeness (QED) is 0.800. The number of benzene rings is 2. The molecule has 2 aromatic carbocycles. The minimum atomic E-state index is -3.98. The van der Waals surface area contributed by atoms with Gasteiger partial charge in [0, 0.05) is 0 Å². The maximum Gasteiger partial charge on any atom is 0.257 e. The monoisotopic (exact) mass is 326 g/mol. The number of phenolic OH excluding ortho intramolecular Hbond substituents is 1. The number of para-hydroxylation sites is 1. The van der Waals surface area contributed by atoms with Crippen LogP contribution in [0.4, 0.5) is 5.69 Å². The second-order valence-corrected chi connectivity index (χ2v) is 6.10. The Morgan fingerprint density at radius 2 is 1.86 bits per heavy atom. The number of nitrogens with two attached hydrogens (primary N) is 1. The lowest BCUT2D eigenvalue weighted by Gasteiger charge is -2.10. The maximum atomic E-state index is 12.1. The number of halogens is 1. The Labute approximate surface area is 126 Å². The molecule has 0 atom stereocenters. The summed E-state index contributed by atoms with van der Waals surface area (Å²) in [5, 5.41) is 17.0. The van der Waals surface area contributed by atoms with Crippen LogP contribution < -0.4 is 10.5 Å². The van der Waals surface area contributed by atoms with Crippen LogP contribution in [-0.4, -0.2) is 19.4 Å². The summed E-state index contributed by atoms with van der Waals surface area (Å²) < 4.78 is 22.9. The van der Waals surface area contributed by atoms with Gasteiger partial charge in [-0.2, -0.15) is 0 Å². The highest BCUT2D eigenvalue weighted by Crippen LogP contribution is 2.24. The molecular weight excluding hydrogens is 316 g/mol. The summed E-state index contributed by atoms with van der Waals surface area (Å²) in [6, 6.07) is 9.57. The average Bonchev–Trinajstić information content (AvgIpc) is 2.41. The van der Waals surface area contributed by atoms with Crippen LogP contribution in [0.5, 0.6) is 5.75 Å². The van der Waals surface area contributed by atoms with E-state index in [1.54, 1.807) is 6.07 Å². The molecule has 0 bridgehead atoms. The zero-order valence-electron chi connectivity index (χ0n) is 10.6. The van der Waals surface area contributed by atoms with Crippen molar-refractivity contribution in [3.05, 3.63) is 53.1 Å². The maximum absolute atomic E-state index is 12.1. The van der Waals surface area contributed by atoms with Crippen LogP contribution in [0, 0.1) is 0 Å². The lowest BCUT2D eigenvalue weighted by atomic mass is 10.2. The number of rotatable bonds is 3. The summed E-state index contributed by atoms with van der Waals surface area (Å²) in [5.41, 5.74) is 0.0466.